The van der Waals surface area contributed by atoms with Crippen LogP contribution in [0.15, 0.2) is 18.2 Å². The normalized spacial score (nSPS) is 9.30. The van der Waals surface area contributed by atoms with E-state index in [1.54, 1.807) is 6.92 Å². The van der Waals surface area contributed by atoms with Crippen molar-refractivity contribution in [1.29, 1.82) is 5.26 Å². The molecule has 1 rings (SSSR count). The number of benzene rings is 1. The van der Waals surface area contributed by atoms with Crippen LogP contribution in [0, 0.1) is 29.0 Å². The Morgan fingerprint density at radius 3 is 2.80 bits per heavy atom. The first-order chi connectivity index (χ1) is 9.63. The highest BCUT2D eigenvalue weighted by molar-refractivity contribution is 5.94. The minimum absolute atomic E-state index is 0.135. The van der Waals surface area contributed by atoms with E-state index in [0.717, 1.165) is 6.07 Å². The average molecular weight is 274 g/mol. The molecule has 0 atom stereocenters. The second kappa shape index (κ2) is 7.93. The Morgan fingerprint density at radius 2 is 2.25 bits per heavy atom. The van der Waals surface area contributed by atoms with Gasteiger partial charge in [-0.25, -0.2) is 4.39 Å². The Hall–Kier alpha value is -2.37. The topological polar surface area (TPSA) is 64.3 Å². The van der Waals surface area contributed by atoms with Gasteiger partial charge in [0.15, 0.2) is 0 Å². The third kappa shape index (κ3) is 4.08. The van der Waals surface area contributed by atoms with Gasteiger partial charge in [0.2, 0.25) is 0 Å². The van der Waals surface area contributed by atoms with Crippen LogP contribution in [0.2, 0.25) is 0 Å². The highest BCUT2D eigenvalue weighted by Gasteiger charge is 2.15. The van der Waals surface area contributed by atoms with Crippen LogP contribution in [-0.2, 0) is 0 Å². The minimum atomic E-state index is -0.604. The van der Waals surface area contributed by atoms with Crippen LogP contribution in [0.25, 0.3) is 0 Å². The molecule has 0 aliphatic heterocycles. The number of carbonyl (C=O) groups is 1. The molecule has 1 N–H and O–H groups in total. The van der Waals surface area contributed by atoms with Crippen molar-refractivity contribution in [1.82, 2.24) is 4.90 Å². The van der Waals surface area contributed by atoms with E-state index in [1.807, 2.05) is 6.07 Å². The Labute approximate surface area is 117 Å². The van der Waals surface area contributed by atoms with Crippen LogP contribution in [-0.4, -0.2) is 35.6 Å². The van der Waals surface area contributed by atoms with Gasteiger partial charge in [0.25, 0.3) is 5.91 Å². The van der Waals surface area contributed by atoms with Crippen LogP contribution in [0.4, 0.5) is 4.39 Å². The first kappa shape index (κ1) is 15.7. The molecular formula is C15H15FN2O2. The minimum Gasteiger partial charge on any atom is -0.384 e. The number of nitrogens with zero attached hydrogens (tertiary/aromatic N) is 2. The fraction of sp³-hybridized carbons (Fsp3) is 0.333. The summed E-state index contributed by atoms with van der Waals surface area (Å²) in [5.74, 6) is 3.89. The Kier molecular flexibility index (Phi) is 6.22. The van der Waals surface area contributed by atoms with Crippen LogP contribution in [0.1, 0.15) is 29.3 Å². The predicted octanol–water partition coefficient (Wildman–Crippen LogP) is 1.55. The third-order valence-electron chi connectivity index (χ3n) is 2.68. The molecule has 5 heteroatoms. The zero-order valence-electron chi connectivity index (χ0n) is 11.2. The maximum atomic E-state index is 13.7. The molecule has 0 spiro atoms. The molecule has 1 aromatic rings. The second-order valence-corrected chi connectivity index (χ2v) is 3.95. The summed E-state index contributed by atoms with van der Waals surface area (Å²) in [5.41, 5.74) is 0.354. The van der Waals surface area contributed by atoms with Crippen molar-refractivity contribution in [2.45, 2.75) is 13.3 Å². The quantitative estimate of drug-likeness (QED) is 0.847. The van der Waals surface area contributed by atoms with E-state index in [1.165, 1.54) is 17.0 Å². The molecule has 0 radical (unpaired) electrons. The standard InChI is InChI=1S/C15H15FN2O2/c1-2-18(9-4-8-17)15(20)13-7-6-12(5-3-10-19)14(16)11-13/h6-7,11,19H,2,4,9-10H2,1H3. The van der Waals surface area contributed by atoms with Crippen LogP contribution in [0.3, 0.4) is 0 Å². The van der Waals surface area contributed by atoms with Crippen molar-refractivity contribution >= 4 is 5.91 Å². The van der Waals surface area contributed by atoms with Crippen molar-refractivity contribution in [2.24, 2.45) is 0 Å². The highest BCUT2D eigenvalue weighted by atomic mass is 19.1. The Morgan fingerprint density at radius 1 is 1.50 bits per heavy atom. The Bertz CT molecular complexity index is 582. The molecular weight excluding hydrogens is 259 g/mol. The van der Waals surface area contributed by atoms with Gasteiger partial charge in [-0.05, 0) is 25.1 Å². The van der Waals surface area contributed by atoms with Crippen molar-refractivity contribution in [3.05, 3.63) is 35.1 Å². The van der Waals surface area contributed by atoms with E-state index in [4.69, 9.17) is 10.4 Å². The lowest BCUT2D eigenvalue weighted by Crippen LogP contribution is -2.31. The lowest BCUT2D eigenvalue weighted by molar-refractivity contribution is 0.0767. The van der Waals surface area contributed by atoms with Crippen molar-refractivity contribution in [3.63, 3.8) is 0 Å². The molecule has 1 aromatic carbocycles. The zero-order valence-corrected chi connectivity index (χ0v) is 11.2. The molecule has 0 aromatic heterocycles. The largest absolute Gasteiger partial charge is 0.384 e. The van der Waals surface area contributed by atoms with Gasteiger partial charge in [-0.3, -0.25) is 4.79 Å². The van der Waals surface area contributed by atoms with Gasteiger partial charge in [0, 0.05) is 18.7 Å². The van der Waals surface area contributed by atoms with E-state index >= 15 is 0 Å². The molecule has 0 aliphatic carbocycles. The molecule has 4 nitrogen and oxygen atoms in total. The highest BCUT2D eigenvalue weighted by Crippen LogP contribution is 2.12. The monoisotopic (exact) mass is 274 g/mol. The van der Waals surface area contributed by atoms with Gasteiger partial charge in [0.05, 0.1) is 18.1 Å². The summed E-state index contributed by atoms with van der Waals surface area (Å²) in [5, 5.41) is 17.1. The van der Waals surface area contributed by atoms with E-state index in [9.17, 15) is 9.18 Å². The summed E-state index contributed by atoms with van der Waals surface area (Å²) in [6.45, 7) is 2.22. The Balaban J connectivity index is 2.94. The number of hydrogen-bond acceptors (Lipinski definition) is 3. The lowest BCUT2D eigenvalue weighted by atomic mass is 10.1. The number of halogens is 1. The van der Waals surface area contributed by atoms with Gasteiger partial charge in [-0.2, -0.15) is 5.26 Å². The second-order valence-electron chi connectivity index (χ2n) is 3.95. The first-order valence-electron chi connectivity index (χ1n) is 6.19. The molecule has 0 bridgehead atoms. The number of aliphatic hydroxyl groups excluding tert-OH is 1. The maximum absolute atomic E-state index is 13.7. The van der Waals surface area contributed by atoms with Crippen molar-refractivity contribution in [2.75, 3.05) is 19.7 Å². The van der Waals surface area contributed by atoms with Gasteiger partial charge in [-0.15, -0.1) is 0 Å². The third-order valence-corrected chi connectivity index (χ3v) is 2.68. The summed E-state index contributed by atoms with van der Waals surface area (Å²) >= 11 is 0. The summed E-state index contributed by atoms with van der Waals surface area (Å²) in [6, 6.07) is 5.99. The number of nitriles is 1. The van der Waals surface area contributed by atoms with E-state index in [-0.39, 0.29) is 30.1 Å². The molecule has 0 fully saturated rings. The van der Waals surface area contributed by atoms with E-state index < -0.39 is 5.82 Å². The maximum Gasteiger partial charge on any atom is 0.253 e. The van der Waals surface area contributed by atoms with Gasteiger partial charge in [0.1, 0.15) is 12.4 Å². The van der Waals surface area contributed by atoms with Crippen molar-refractivity contribution < 1.29 is 14.3 Å². The number of hydrogen-bond donors (Lipinski definition) is 1. The number of amides is 1. The van der Waals surface area contributed by atoms with Gasteiger partial charge < -0.3 is 10.0 Å². The average Bonchev–Trinajstić information content (AvgIpc) is 2.46. The lowest BCUT2D eigenvalue weighted by Gasteiger charge is -2.19. The van der Waals surface area contributed by atoms with Crippen LogP contribution >= 0.6 is 0 Å². The number of aliphatic hydroxyl groups is 1. The molecule has 0 heterocycles. The summed E-state index contributed by atoms with van der Waals surface area (Å²) < 4.78 is 13.7. The van der Waals surface area contributed by atoms with Gasteiger partial charge >= 0.3 is 0 Å². The van der Waals surface area contributed by atoms with E-state index in [0.29, 0.717) is 13.1 Å². The SMILES string of the molecule is CCN(CCC#N)C(=O)c1ccc(C#CCO)c(F)c1. The smallest absolute Gasteiger partial charge is 0.253 e. The summed E-state index contributed by atoms with van der Waals surface area (Å²) in [7, 11) is 0. The molecule has 20 heavy (non-hydrogen) atoms. The van der Waals surface area contributed by atoms with Crippen molar-refractivity contribution in [3.8, 4) is 17.9 Å². The summed E-state index contributed by atoms with van der Waals surface area (Å²) in [4.78, 5) is 13.6. The predicted molar refractivity (Wildman–Crippen MR) is 72.2 cm³/mol. The molecule has 104 valence electrons. The fourth-order valence-corrected chi connectivity index (χ4v) is 1.66. The van der Waals surface area contributed by atoms with E-state index in [2.05, 4.69) is 11.8 Å². The zero-order chi connectivity index (χ0) is 15.0. The molecule has 0 unspecified atom stereocenters. The van der Waals surface area contributed by atoms with Crippen LogP contribution in [0.5, 0.6) is 0 Å². The molecule has 1 amide bonds. The first-order valence-corrected chi connectivity index (χ1v) is 6.19. The molecule has 0 aliphatic rings. The fourth-order valence-electron chi connectivity index (χ4n) is 1.66. The van der Waals surface area contributed by atoms with Crippen LogP contribution < -0.4 is 0 Å². The summed E-state index contributed by atoms with van der Waals surface area (Å²) in [6.07, 6.45) is 0.238. The van der Waals surface area contributed by atoms with Gasteiger partial charge in [-0.1, -0.05) is 11.8 Å². The number of rotatable bonds is 4. The molecule has 0 saturated carbocycles. The molecule has 0 saturated heterocycles. The number of carbonyl (C=O) groups excluding carboxylic acids is 1.